The van der Waals surface area contributed by atoms with Crippen LogP contribution in [-0.4, -0.2) is 19.3 Å². The SMILES string of the molecule is CC(Br)CS(=O)[O-]. The minimum Gasteiger partial charge on any atom is -0.772 e. The third kappa shape index (κ3) is 6.59. The van der Waals surface area contributed by atoms with Crippen LogP contribution in [0, 0.1) is 0 Å². The summed E-state index contributed by atoms with van der Waals surface area (Å²) in [6.07, 6.45) is 0. The van der Waals surface area contributed by atoms with Crippen LogP contribution in [0.25, 0.3) is 0 Å². The van der Waals surface area contributed by atoms with Crippen molar-refractivity contribution in [2.75, 3.05) is 5.75 Å². The molecule has 0 saturated carbocycles. The van der Waals surface area contributed by atoms with Crippen molar-refractivity contribution in [1.29, 1.82) is 0 Å². The van der Waals surface area contributed by atoms with Crippen LogP contribution >= 0.6 is 15.9 Å². The molecule has 7 heavy (non-hydrogen) atoms. The molecule has 0 saturated heterocycles. The molecule has 0 aliphatic heterocycles. The zero-order chi connectivity index (χ0) is 5.86. The summed E-state index contributed by atoms with van der Waals surface area (Å²) >= 11 is 1.19. The first-order valence-corrected chi connectivity index (χ1v) is 3.99. The highest BCUT2D eigenvalue weighted by Crippen LogP contribution is 1.96. The van der Waals surface area contributed by atoms with Crippen LogP contribution in [-0.2, 0) is 11.1 Å². The van der Waals surface area contributed by atoms with Gasteiger partial charge in [0.15, 0.2) is 0 Å². The van der Waals surface area contributed by atoms with E-state index in [1.54, 1.807) is 6.92 Å². The van der Waals surface area contributed by atoms with Crippen molar-refractivity contribution in [3.63, 3.8) is 0 Å². The lowest BCUT2D eigenvalue weighted by atomic mass is 10.6. The monoisotopic (exact) mass is 185 g/mol. The first kappa shape index (κ1) is 7.59. The van der Waals surface area contributed by atoms with Gasteiger partial charge in [-0.05, 0) is 0 Å². The summed E-state index contributed by atoms with van der Waals surface area (Å²) in [6.45, 7) is 1.79. The van der Waals surface area contributed by atoms with Crippen molar-refractivity contribution in [3.8, 4) is 0 Å². The highest BCUT2D eigenvalue weighted by Gasteiger charge is 1.91. The smallest absolute Gasteiger partial charge is 0.0225 e. The predicted molar refractivity (Wildman–Crippen MR) is 32.2 cm³/mol. The van der Waals surface area contributed by atoms with Crippen molar-refractivity contribution < 1.29 is 8.76 Å². The molecular weight excluding hydrogens is 180 g/mol. The average Bonchev–Trinajstić information content (AvgIpc) is 1.27. The maximum absolute atomic E-state index is 9.78. The van der Waals surface area contributed by atoms with Gasteiger partial charge in [0.05, 0.1) is 0 Å². The minimum absolute atomic E-state index is 0.0748. The van der Waals surface area contributed by atoms with Gasteiger partial charge in [0.25, 0.3) is 0 Å². The van der Waals surface area contributed by atoms with Gasteiger partial charge in [-0.3, -0.25) is 4.21 Å². The van der Waals surface area contributed by atoms with E-state index >= 15 is 0 Å². The molecule has 0 heterocycles. The zero-order valence-electron chi connectivity index (χ0n) is 3.89. The van der Waals surface area contributed by atoms with Crippen LogP contribution in [0.4, 0.5) is 0 Å². The number of halogens is 1. The lowest BCUT2D eigenvalue weighted by Crippen LogP contribution is -2.04. The van der Waals surface area contributed by atoms with Crippen molar-refractivity contribution in [2.45, 2.75) is 11.8 Å². The summed E-state index contributed by atoms with van der Waals surface area (Å²) in [4.78, 5) is 0.0748. The molecule has 0 radical (unpaired) electrons. The fraction of sp³-hybridized carbons (Fsp3) is 1.00. The van der Waals surface area contributed by atoms with Gasteiger partial charge in [-0.25, -0.2) is 0 Å². The molecule has 2 unspecified atom stereocenters. The highest BCUT2D eigenvalue weighted by molar-refractivity contribution is 9.09. The molecule has 44 valence electrons. The Morgan fingerprint density at radius 3 is 2.43 bits per heavy atom. The van der Waals surface area contributed by atoms with Crippen molar-refractivity contribution in [3.05, 3.63) is 0 Å². The molecule has 4 heteroatoms. The van der Waals surface area contributed by atoms with E-state index in [-0.39, 0.29) is 10.6 Å². The third-order valence-electron chi connectivity index (χ3n) is 0.366. The maximum Gasteiger partial charge on any atom is 0.0225 e. The predicted octanol–water partition coefficient (Wildman–Crippen LogP) is 0.649. The van der Waals surface area contributed by atoms with Gasteiger partial charge in [0.2, 0.25) is 0 Å². The van der Waals surface area contributed by atoms with Gasteiger partial charge in [-0.2, -0.15) is 0 Å². The fourth-order valence-corrected chi connectivity index (χ4v) is 1.21. The molecule has 0 aliphatic rings. The van der Waals surface area contributed by atoms with Gasteiger partial charge >= 0.3 is 0 Å². The Bertz CT molecular complexity index is 73.3. The van der Waals surface area contributed by atoms with Gasteiger partial charge in [0.1, 0.15) is 0 Å². The fourth-order valence-electron chi connectivity index (χ4n) is 0.188. The quantitative estimate of drug-likeness (QED) is 0.469. The highest BCUT2D eigenvalue weighted by atomic mass is 79.9. The Kier molecular flexibility index (Phi) is 3.88. The summed E-state index contributed by atoms with van der Waals surface area (Å²) in [5.74, 6) is 0.194. The normalized spacial score (nSPS) is 18.7. The van der Waals surface area contributed by atoms with E-state index in [9.17, 15) is 8.76 Å². The molecule has 0 aromatic heterocycles. The number of rotatable bonds is 2. The second-order valence-corrected chi connectivity index (χ2v) is 3.76. The molecule has 2 atom stereocenters. The molecule has 0 amide bonds. The topological polar surface area (TPSA) is 40.1 Å². The minimum atomic E-state index is -1.89. The summed E-state index contributed by atoms with van der Waals surface area (Å²) in [5, 5.41) is 0. The second kappa shape index (κ2) is 3.57. The van der Waals surface area contributed by atoms with E-state index in [1.807, 2.05) is 0 Å². The van der Waals surface area contributed by atoms with Gasteiger partial charge in [0, 0.05) is 10.6 Å². The molecule has 0 spiro atoms. The third-order valence-corrected chi connectivity index (χ3v) is 1.89. The average molecular weight is 186 g/mol. The van der Waals surface area contributed by atoms with Crippen molar-refractivity contribution in [2.24, 2.45) is 0 Å². The Labute approximate surface area is 53.7 Å². The van der Waals surface area contributed by atoms with Crippen LogP contribution in [0.5, 0.6) is 0 Å². The summed E-state index contributed by atoms with van der Waals surface area (Å²) in [5.41, 5.74) is 0. The lowest BCUT2D eigenvalue weighted by molar-refractivity contribution is 0.536. The standard InChI is InChI=1S/C3H7BrO2S/c1-3(4)2-7(5)6/h3H,2H2,1H3,(H,5,6)/p-1. The molecule has 0 bridgehead atoms. The van der Waals surface area contributed by atoms with Gasteiger partial charge < -0.3 is 4.55 Å². The van der Waals surface area contributed by atoms with Crippen LogP contribution < -0.4 is 0 Å². The summed E-state index contributed by atoms with van der Waals surface area (Å²) in [7, 11) is 0. The van der Waals surface area contributed by atoms with Crippen LogP contribution in [0.15, 0.2) is 0 Å². The zero-order valence-corrected chi connectivity index (χ0v) is 6.29. The van der Waals surface area contributed by atoms with Crippen LogP contribution in [0.1, 0.15) is 6.92 Å². The molecule has 2 nitrogen and oxygen atoms in total. The Morgan fingerprint density at radius 1 is 2.00 bits per heavy atom. The molecule has 0 aromatic carbocycles. The van der Waals surface area contributed by atoms with E-state index in [1.165, 1.54) is 0 Å². The van der Waals surface area contributed by atoms with E-state index in [4.69, 9.17) is 0 Å². The summed E-state index contributed by atoms with van der Waals surface area (Å²) < 4.78 is 19.6. The Morgan fingerprint density at radius 2 is 2.43 bits per heavy atom. The summed E-state index contributed by atoms with van der Waals surface area (Å²) in [6, 6.07) is 0. The first-order chi connectivity index (χ1) is 3.13. The van der Waals surface area contributed by atoms with Crippen LogP contribution in [0.3, 0.4) is 0 Å². The number of alkyl halides is 1. The van der Waals surface area contributed by atoms with E-state index in [2.05, 4.69) is 15.9 Å². The maximum atomic E-state index is 9.78. The Balaban J connectivity index is 3.13. The van der Waals surface area contributed by atoms with Crippen molar-refractivity contribution >= 4 is 27.0 Å². The number of hydrogen-bond acceptors (Lipinski definition) is 2. The van der Waals surface area contributed by atoms with Crippen molar-refractivity contribution in [1.82, 2.24) is 0 Å². The largest absolute Gasteiger partial charge is 0.772 e. The van der Waals surface area contributed by atoms with E-state index < -0.39 is 11.1 Å². The first-order valence-electron chi connectivity index (χ1n) is 1.83. The lowest BCUT2D eigenvalue weighted by Gasteiger charge is -2.04. The van der Waals surface area contributed by atoms with E-state index in [0.717, 1.165) is 0 Å². The van der Waals surface area contributed by atoms with Gasteiger partial charge in [-0.15, -0.1) is 0 Å². The number of hydrogen-bond donors (Lipinski definition) is 0. The molecule has 0 fully saturated rings. The van der Waals surface area contributed by atoms with Crippen LogP contribution in [0.2, 0.25) is 0 Å². The molecule has 0 N–H and O–H groups in total. The van der Waals surface area contributed by atoms with Gasteiger partial charge in [-0.1, -0.05) is 33.9 Å². The molecule has 0 aliphatic carbocycles. The van der Waals surface area contributed by atoms with E-state index in [0.29, 0.717) is 0 Å². The second-order valence-electron chi connectivity index (χ2n) is 1.25. The Hall–Kier alpha value is 0.590. The molecule has 0 rings (SSSR count). The molecule has 0 aromatic rings. The molecular formula is C3H6BrO2S-.